The van der Waals surface area contributed by atoms with Gasteiger partial charge in [0.1, 0.15) is 5.78 Å². The lowest BCUT2D eigenvalue weighted by atomic mass is 10.1. The Morgan fingerprint density at radius 1 is 1.62 bits per heavy atom. The molecule has 0 bridgehead atoms. The van der Waals surface area contributed by atoms with E-state index in [0.29, 0.717) is 31.8 Å². The zero-order valence-electron chi connectivity index (χ0n) is 8.25. The highest BCUT2D eigenvalue weighted by Crippen LogP contribution is 2.09. The summed E-state index contributed by atoms with van der Waals surface area (Å²) in [6, 6.07) is 0. The largest absolute Gasteiger partial charge is 0.379 e. The number of carbonyl (C=O) groups excluding carboxylic acids is 1. The van der Waals surface area contributed by atoms with Gasteiger partial charge in [0.15, 0.2) is 0 Å². The smallest absolute Gasteiger partial charge is 0.137 e. The summed E-state index contributed by atoms with van der Waals surface area (Å²) >= 11 is 0. The van der Waals surface area contributed by atoms with Crippen LogP contribution in [0, 0.1) is 0 Å². The average Bonchev–Trinajstić information content (AvgIpc) is 2.13. The molecule has 0 spiro atoms. The van der Waals surface area contributed by atoms with Crippen LogP contribution in [-0.2, 0) is 14.3 Å². The highest BCUT2D eigenvalue weighted by molar-refractivity contribution is 5.79. The molecule has 1 rings (SSSR count). The van der Waals surface area contributed by atoms with Crippen molar-refractivity contribution < 1.29 is 14.3 Å². The van der Waals surface area contributed by atoms with Crippen LogP contribution in [0.4, 0.5) is 0 Å². The van der Waals surface area contributed by atoms with Crippen LogP contribution in [0.1, 0.15) is 32.6 Å². The van der Waals surface area contributed by atoms with Crippen molar-refractivity contribution in [2.75, 3.05) is 19.8 Å². The lowest BCUT2D eigenvalue weighted by Crippen LogP contribution is -2.29. The zero-order chi connectivity index (χ0) is 9.52. The molecule has 0 radical (unpaired) electrons. The summed E-state index contributed by atoms with van der Waals surface area (Å²) < 4.78 is 10.8. The Bertz CT molecular complexity index is 156. The van der Waals surface area contributed by atoms with Crippen molar-refractivity contribution in [1.82, 2.24) is 0 Å². The quantitative estimate of drug-likeness (QED) is 0.611. The SMILES string of the molecule is CCCCOCC1CC(=O)CCO1. The van der Waals surface area contributed by atoms with Gasteiger partial charge in [-0.1, -0.05) is 13.3 Å². The van der Waals surface area contributed by atoms with Gasteiger partial charge in [0.05, 0.1) is 19.3 Å². The maximum absolute atomic E-state index is 11.0. The van der Waals surface area contributed by atoms with Crippen LogP contribution >= 0.6 is 0 Å². The molecule has 3 heteroatoms. The number of ether oxygens (including phenoxy) is 2. The Balaban J connectivity index is 2.03. The predicted octanol–water partition coefficient (Wildman–Crippen LogP) is 1.55. The van der Waals surface area contributed by atoms with E-state index in [2.05, 4.69) is 6.92 Å². The average molecular weight is 186 g/mol. The van der Waals surface area contributed by atoms with Crippen LogP contribution in [0.2, 0.25) is 0 Å². The van der Waals surface area contributed by atoms with Gasteiger partial charge < -0.3 is 9.47 Å². The molecule has 0 aromatic carbocycles. The Labute approximate surface area is 79.4 Å². The lowest BCUT2D eigenvalue weighted by Gasteiger charge is -2.21. The van der Waals surface area contributed by atoms with E-state index in [-0.39, 0.29) is 6.10 Å². The lowest BCUT2D eigenvalue weighted by molar-refractivity contribution is -0.131. The molecule has 1 aliphatic rings. The van der Waals surface area contributed by atoms with E-state index >= 15 is 0 Å². The summed E-state index contributed by atoms with van der Waals surface area (Å²) in [5, 5.41) is 0. The number of unbranched alkanes of at least 4 members (excludes halogenated alkanes) is 1. The minimum Gasteiger partial charge on any atom is -0.379 e. The van der Waals surface area contributed by atoms with Gasteiger partial charge in [-0.2, -0.15) is 0 Å². The minimum absolute atomic E-state index is 0.0121. The highest BCUT2D eigenvalue weighted by Gasteiger charge is 2.19. The second-order valence-electron chi connectivity index (χ2n) is 3.41. The first kappa shape index (κ1) is 10.7. The summed E-state index contributed by atoms with van der Waals surface area (Å²) in [5.74, 6) is 0.301. The fourth-order valence-electron chi connectivity index (χ4n) is 1.32. The third-order valence-corrected chi connectivity index (χ3v) is 2.14. The molecule has 0 aromatic rings. The molecular weight excluding hydrogens is 168 g/mol. The summed E-state index contributed by atoms with van der Waals surface area (Å²) in [4.78, 5) is 11.0. The van der Waals surface area contributed by atoms with Gasteiger partial charge in [-0.3, -0.25) is 4.79 Å². The first-order chi connectivity index (χ1) is 6.33. The van der Waals surface area contributed by atoms with E-state index in [9.17, 15) is 4.79 Å². The van der Waals surface area contributed by atoms with Crippen LogP contribution < -0.4 is 0 Å². The third kappa shape index (κ3) is 4.39. The van der Waals surface area contributed by atoms with Crippen molar-refractivity contribution in [3.05, 3.63) is 0 Å². The maximum Gasteiger partial charge on any atom is 0.137 e. The molecule has 0 saturated carbocycles. The number of hydrogen-bond acceptors (Lipinski definition) is 3. The molecule has 0 N–H and O–H groups in total. The Hall–Kier alpha value is -0.410. The number of Topliss-reactive ketones (excluding diaryl/α,β-unsaturated/α-hetero) is 1. The van der Waals surface area contributed by atoms with E-state index in [1.54, 1.807) is 0 Å². The van der Waals surface area contributed by atoms with Gasteiger partial charge >= 0.3 is 0 Å². The van der Waals surface area contributed by atoms with Crippen LogP contribution in [-0.4, -0.2) is 31.7 Å². The number of carbonyl (C=O) groups is 1. The van der Waals surface area contributed by atoms with E-state index in [4.69, 9.17) is 9.47 Å². The first-order valence-corrected chi connectivity index (χ1v) is 5.04. The molecule has 0 amide bonds. The molecule has 1 aliphatic heterocycles. The van der Waals surface area contributed by atoms with E-state index in [1.807, 2.05) is 0 Å². The normalized spacial score (nSPS) is 23.5. The summed E-state index contributed by atoms with van der Waals surface area (Å²) in [5.41, 5.74) is 0. The Morgan fingerprint density at radius 3 is 3.15 bits per heavy atom. The fourth-order valence-corrected chi connectivity index (χ4v) is 1.32. The minimum atomic E-state index is 0.0121. The molecule has 1 fully saturated rings. The molecule has 13 heavy (non-hydrogen) atoms. The van der Waals surface area contributed by atoms with Gasteiger partial charge in [-0.25, -0.2) is 0 Å². The number of hydrogen-bond donors (Lipinski definition) is 0. The molecule has 1 atom stereocenters. The summed E-state index contributed by atoms with van der Waals surface area (Å²) in [6.07, 6.45) is 3.35. The van der Waals surface area contributed by atoms with Gasteiger partial charge in [0.25, 0.3) is 0 Å². The predicted molar refractivity (Wildman–Crippen MR) is 49.7 cm³/mol. The van der Waals surface area contributed by atoms with Gasteiger partial charge in [-0.15, -0.1) is 0 Å². The second-order valence-corrected chi connectivity index (χ2v) is 3.41. The van der Waals surface area contributed by atoms with Gasteiger partial charge in [0.2, 0.25) is 0 Å². The molecule has 0 aliphatic carbocycles. The number of rotatable bonds is 5. The topological polar surface area (TPSA) is 35.5 Å². The van der Waals surface area contributed by atoms with Crippen LogP contribution in [0.15, 0.2) is 0 Å². The summed E-state index contributed by atoms with van der Waals surface area (Å²) in [6.45, 7) is 4.06. The Morgan fingerprint density at radius 2 is 2.46 bits per heavy atom. The van der Waals surface area contributed by atoms with Crippen LogP contribution in [0.5, 0.6) is 0 Å². The third-order valence-electron chi connectivity index (χ3n) is 2.14. The molecule has 1 saturated heterocycles. The fraction of sp³-hybridized carbons (Fsp3) is 0.900. The van der Waals surface area contributed by atoms with Crippen LogP contribution in [0.25, 0.3) is 0 Å². The van der Waals surface area contributed by atoms with Crippen LogP contribution in [0.3, 0.4) is 0 Å². The maximum atomic E-state index is 11.0. The van der Waals surface area contributed by atoms with Crippen molar-refractivity contribution in [2.24, 2.45) is 0 Å². The van der Waals surface area contributed by atoms with E-state index in [1.165, 1.54) is 0 Å². The molecule has 1 unspecified atom stereocenters. The molecule has 1 heterocycles. The molecule has 0 aromatic heterocycles. The van der Waals surface area contributed by atoms with Crippen molar-refractivity contribution in [3.63, 3.8) is 0 Å². The van der Waals surface area contributed by atoms with Crippen molar-refractivity contribution >= 4 is 5.78 Å². The van der Waals surface area contributed by atoms with Gasteiger partial charge in [-0.05, 0) is 6.42 Å². The molecule has 3 nitrogen and oxygen atoms in total. The molecular formula is C10H18O3. The number of ketones is 1. The molecule has 76 valence electrons. The highest BCUT2D eigenvalue weighted by atomic mass is 16.5. The van der Waals surface area contributed by atoms with E-state index in [0.717, 1.165) is 19.4 Å². The van der Waals surface area contributed by atoms with Gasteiger partial charge in [0, 0.05) is 19.4 Å². The second kappa shape index (κ2) is 6.11. The van der Waals surface area contributed by atoms with E-state index < -0.39 is 0 Å². The summed E-state index contributed by atoms with van der Waals surface area (Å²) in [7, 11) is 0. The standard InChI is InChI=1S/C10H18O3/c1-2-3-5-12-8-10-7-9(11)4-6-13-10/h10H,2-8H2,1H3. The van der Waals surface area contributed by atoms with Crippen molar-refractivity contribution in [2.45, 2.75) is 38.7 Å². The first-order valence-electron chi connectivity index (χ1n) is 5.04. The monoisotopic (exact) mass is 186 g/mol. The Kier molecular flexibility index (Phi) is 5.01. The zero-order valence-corrected chi connectivity index (χ0v) is 8.25. The van der Waals surface area contributed by atoms with Crippen molar-refractivity contribution in [1.29, 1.82) is 0 Å². The van der Waals surface area contributed by atoms with Crippen molar-refractivity contribution in [3.8, 4) is 0 Å².